The van der Waals surface area contributed by atoms with Crippen LogP contribution in [-0.4, -0.2) is 50.0 Å². The Balaban J connectivity index is 2.55. The van der Waals surface area contributed by atoms with Crippen LogP contribution in [0.25, 0.3) is 0 Å². The summed E-state index contributed by atoms with van der Waals surface area (Å²) in [6.45, 7) is 0.662. The van der Waals surface area contributed by atoms with Crippen LogP contribution in [0.5, 0.6) is 0 Å². The molecule has 0 aromatic carbocycles. The van der Waals surface area contributed by atoms with E-state index in [-0.39, 0.29) is 26.1 Å². The molecule has 0 radical (unpaired) electrons. The number of carbonyl (C=O) groups excluding carboxylic acids is 1. The SMILES string of the molecule is COCCNC(=O)N1CCCCC1C(F)(F)F. The lowest BCUT2D eigenvalue weighted by Crippen LogP contribution is -2.54. The van der Waals surface area contributed by atoms with Crippen molar-refractivity contribution in [3.8, 4) is 0 Å². The molecule has 1 unspecified atom stereocenters. The normalized spacial score (nSPS) is 21.4. The molecule has 1 aliphatic rings. The van der Waals surface area contributed by atoms with Crippen LogP contribution in [0.3, 0.4) is 0 Å². The number of nitrogens with one attached hydrogen (secondary N) is 1. The molecule has 0 saturated carbocycles. The Morgan fingerprint density at radius 2 is 2.18 bits per heavy atom. The van der Waals surface area contributed by atoms with Gasteiger partial charge in [-0.05, 0) is 19.3 Å². The van der Waals surface area contributed by atoms with Crippen molar-refractivity contribution in [1.29, 1.82) is 0 Å². The first-order chi connectivity index (χ1) is 7.96. The minimum Gasteiger partial charge on any atom is -0.383 e. The number of methoxy groups -OCH3 is 1. The summed E-state index contributed by atoms with van der Waals surface area (Å²) in [5.74, 6) is 0. The van der Waals surface area contributed by atoms with E-state index in [4.69, 9.17) is 4.74 Å². The molecule has 0 aromatic heterocycles. The average Bonchev–Trinajstić information content (AvgIpc) is 2.28. The van der Waals surface area contributed by atoms with Gasteiger partial charge < -0.3 is 15.0 Å². The van der Waals surface area contributed by atoms with Crippen LogP contribution in [0.2, 0.25) is 0 Å². The Morgan fingerprint density at radius 3 is 2.76 bits per heavy atom. The molecule has 0 bridgehead atoms. The first-order valence-corrected chi connectivity index (χ1v) is 5.57. The van der Waals surface area contributed by atoms with Gasteiger partial charge in [-0.25, -0.2) is 4.79 Å². The summed E-state index contributed by atoms with van der Waals surface area (Å²) in [4.78, 5) is 12.5. The van der Waals surface area contributed by atoms with Gasteiger partial charge in [0.25, 0.3) is 0 Å². The maximum atomic E-state index is 12.7. The zero-order chi connectivity index (χ0) is 12.9. The quantitative estimate of drug-likeness (QED) is 0.780. The molecule has 1 saturated heterocycles. The van der Waals surface area contributed by atoms with Gasteiger partial charge in [-0.3, -0.25) is 0 Å². The molecular formula is C10H17F3N2O2. The van der Waals surface area contributed by atoms with Crippen molar-refractivity contribution in [2.45, 2.75) is 31.5 Å². The van der Waals surface area contributed by atoms with E-state index in [2.05, 4.69) is 5.32 Å². The second-order valence-corrected chi connectivity index (χ2v) is 3.97. The second-order valence-electron chi connectivity index (χ2n) is 3.97. The number of urea groups is 1. The Hall–Kier alpha value is -0.980. The van der Waals surface area contributed by atoms with Crippen molar-refractivity contribution in [2.24, 2.45) is 0 Å². The lowest BCUT2D eigenvalue weighted by atomic mass is 10.0. The van der Waals surface area contributed by atoms with E-state index in [1.54, 1.807) is 0 Å². The topological polar surface area (TPSA) is 41.6 Å². The van der Waals surface area contributed by atoms with Crippen molar-refractivity contribution in [1.82, 2.24) is 10.2 Å². The minimum atomic E-state index is -4.35. The van der Waals surface area contributed by atoms with Crippen LogP contribution in [0.4, 0.5) is 18.0 Å². The highest BCUT2D eigenvalue weighted by molar-refractivity contribution is 5.74. The summed E-state index contributed by atoms with van der Waals surface area (Å²) in [6, 6.07) is -2.32. The third-order valence-corrected chi connectivity index (χ3v) is 2.72. The third-order valence-electron chi connectivity index (χ3n) is 2.72. The van der Waals surface area contributed by atoms with Crippen LogP contribution in [-0.2, 0) is 4.74 Å². The molecule has 0 spiro atoms. The zero-order valence-electron chi connectivity index (χ0n) is 9.72. The monoisotopic (exact) mass is 254 g/mol. The average molecular weight is 254 g/mol. The fourth-order valence-electron chi connectivity index (χ4n) is 1.88. The van der Waals surface area contributed by atoms with Crippen LogP contribution in [0.15, 0.2) is 0 Å². The molecule has 17 heavy (non-hydrogen) atoms. The molecule has 0 aliphatic carbocycles. The van der Waals surface area contributed by atoms with Gasteiger partial charge in [0.1, 0.15) is 6.04 Å². The molecule has 4 nitrogen and oxygen atoms in total. The van der Waals surface area contributed by atoms with E-state index in [1.807, 2.05) is 0 Å². The molecule has 1 atom stereocenters. The molecule has 1 heterocycles. The molecule has 1 N–H and O–H groups in total. The third kappa shape index (κ3) is 4.07. The van der Waals surface area contributed by atoms with E-state index in [1.165, 1.54) is 7.11 Å². The van der Waals surface area contributed by atoms with E-state index in [0.29, 0.717) is 12.8 Å². The number of piperidine rings is 1. The zero-order valence-corrected chi connectivity index (χ0v) is 9.72. The molecule has 1 aliphatic heterocycles. The second kappa shape index (κ2) is 6.09. The number of amides is 2. The number of hydrogen-bond donors (Lipinski definition) is 1. The van der Waals surface area contributed by atoms with E-state index in [0.717, 1.165) is 4.90 Å². The molecule has 7 heteroatoms. The number of halogens is 3. The van der Waals surface area contributed by atoms with Crippen molar-refractivity contribution in [3.63, 3.8) is 0 Å². The Kier molecular flexibility index (Phi) is 5.04. The smallest absolute Gasteiger partial charge is 0.383 e. The molecule has 1 fully saturated rings. The Morgan fingerprint density at radius 1 is 1.47 bits per heavy atom. The van der Waals surface area contributed by atoms with Crippen LogP contribution < -0.4 is 5.32 Å². The number of rotatable bonds is 3. The number of likely N-dealkylation sites (tertiary alicyclic amines) is 1. The Bertz CT molecular complexity index is 258. The fourth-order valence-corrected chi connectivity index (χ4v) is 1.88. The number of hydrogen-bond acceptors (Lipinski definition) is 2. The van der Waals surface area contributed by atoms with Gasteiger partial charge in [0, 0.05) is 20.2 Å². The first kappa shape index (κ1) is 14.1. The molecule has 100 valence electrons. The molecule has 0 aromatic rings. The van der Waals surface area contributed by atoms with Gasteiger partial charge in [-0.1, -0.05) is 0 Å². The summed E-state index contributed by atoms with van der Waals surface area (Å²) < 4.78 is 42.8. The number of alkyl halides is 3. The van der Waals surface area contributed by atoms with Gasteiger partial charge >= 0.3 is 12.2 Å². The molecule has 1 rings (SSSR count). The predicted molar refractivity (Wildman–Crippen MR) is 55.7 cm³/mol. The lowest BCUT2D eigenvalue weighted by molar-refractivity contribution is -0.182. The summed E-state index contributed by atoms with van der Waals surface area (Å²) in [7, 11) is 1.46. The fraction of sp³-hybridized carbons (Fsp3) is 0.900. The number of ether oxygens (including phenoxy) is 1. The van der Waals surface area contributed by atoms with Crippen molar-refractivity contribution in [2.75, 3.05) is 26.8 Å². The maximum absolute atomic E-state index is 12.7. The van der Waals surface area contributed by atoms with Gasteiger partial charge in [0.2, 0.25) is 0 Å². The summed E-state index contributed by atoms with van der Waals surface area (Å²) in [5, 5.41) is 2.42. The standard InChI is InChI=1S/C10H17F3N2O2/c1-17-7-5-14-9(16)15-6-3-2-4-8(15)10(11,12)13/h8H,2-7H2,1H3,(H,14,16). The van der Waals surface area contributed by atoms with Crippen molar-refractivity contribution >= 4 is 6.03 Å². The van der Waals surface area contributed by atoms with Gasteiger partial charge in [0.05, 0.1) is 6.61 Å². The van der Waals surface area contributed by atoms with Gasteiger partial charge in [-0.15, -0.1) is 0 Å². The molecule has 2 amide bonds. The number of nitrogens with zero attached hydrogens (tertiary/aromatic N) is 1. The number of carbonyl (C=O) groups is 1. The summed E-state index contributed by atoms with van der Waals surface area (Å²) in [6.07, 6.45) is -3.24. The van der Waals surface area contributed by atoms with Crippen LogP contribution in [0, 0.1) is 0 Å². The van der Waals surface area contributed by atoms with Crippen molar-refractivity contribution < 1.29 is 22.7 Å². The highest BCUT2D eigenvalue weighted by Crippen LogP contribution is 2.31. The predicted octanol–water partition coefficient (Wildman–Crippen LogP) is 1.76. The summed E-state index contributed by atoms with van der Waals surface area (Å²) in [5.41, 5.74) is 0. The lowest BCUT2D eigenvalue weighted by Gasteiger charge is -2.36. The highest BCUT2D eigenvalue weighted by atomic mass is 19.4. The molecular weight excluding hydrogens is 237 g/mol. The van der Waals surface area contributed by atoms with E-state index >= 15 is 0 Å². The highest BCUT2D eigenvalue weighted by Gasteiger charge is 2.46. The van der Waals surface area contributed by atoms with Gasteiger partial charge in [-0.2, -0.15) is 13.2 Å². The van der Waals surface area contributed by atoms with E-state index < -0.39 is 18.2 Å². The van der Waals surface area contributed by atoms with Crippen LogP contribution >= 0.6 is 0 Å². The first-order valence-electron chi connectivity index (χ1n) is 5.57. The largest absolute Gasteiger partial charge is 0.408 e. The van der Waals surface area contributed by atoms with Crippen molar-refractivity contribution in [3.05, 3.63) is 0 Å². The van der Waals surface area contributed by atoms with E-state index in [9.17, 15) is 18.0 Å². The van der Waals surface area contributed by atoms with Gasteiger partial charge in [0.15, 0.2) is 0 Å². The Labute approximate surface area is 98.1 Å². The maximum Gasteiger partial charge on any atom is 0.408 e. The summed E-state index contributed by atoms with van der Waals surface area (Å²) >= 11 is 0. The minimum absolute atomic E-state index is 0.0127. The van der Waals surface area contributed by atoms with Crippen LogP contribution in [0.1, 0.15) is 19.3 Å².